The number of rotatable bonds is 0. The van der Waals surface area contributed by atoms with Crippen LogP contribution >= 0.6 is 23.2 Å². The molecule has 0 saturated heterocycles. The Bertz CT molecular complexity index is 291. The molecule has 0 aliphatic heterocycles. The summed E-state index contributed by atoms with van der Waals surface area (Å²) in [5, 5.41) is 16.3. The number of Topliss-reactive ketones (excluding diaryl/α,β-unsaturated/α-hetero) is 2. The van der Waals surface area contributed by atoms with Crippen molar-refractivity contribution >= 4 is 72.5 Å². The number of allylic oxidation sites excluding steroid dienone is 2. The van der Waals surface area contributed by atoms with Crippen LogP contribution in [0.2, 0.25) is 0 Å². The van der Waals surface area contributed by atoms with Crippen LogP contribution < -0.4 is 0 Å². The SMILES string of the molecule is O=C1C(O)=C(Cl)C(=O)C(O)=C1Cl.[Ca+2].[H-].[H-]. The summed E-state index contributed by atoms with van der Waals surface area (Å²) in [7, 11) is 0. The van der Waals surface area contributed by atoms with Crippen molar-refractivity contribution in [3.05, 3.63) is 21.6 Å². The van der Waals surface area contributed by atoms with E-state index in [4.69, 9.17) is 33.4 Å². The molecule has 0 heterocycles. The molecule has 0 saturated carbocycles. The third kappa shape index (κ3) is 2.19. The minimum atomic E-state index is -1.06. The van der Waals surface area contributed by atoms with Crippen LogP contribution in [0.4, 0.5) is 0 Å². The van der Waals surface area contributed by atoms with Gasteiger partial charge < -0.3 is 13.1 Å². The molecule has 0 spiro atoms. The first-order valence-corrected chi connectivity index (χ1v) is 3.49. The van der Waals surface area contributed by atoms with Gasteiger partial charge in [-0.2, -0.15) is 0 Å². The number of halogens is 2. The van der Waals surface area contributed by atoms with Gasteiger partial charge in [-0.05, 0) is 0 Å². The van der Waals surface area contributed by atoms with Crippen LogP contribution in [0, 0.1) is 0 Å². The van der Waals surface area contributed by atoms with Gasteiger partial charge in [0.25, 0.3) is 0 Å². The summed E-state index contributed by atoms with van der Waals surface area (Å²) in [6.45, 7) is 0. The van der Waals surface area contributed by atoms with Crippen LogP contribution in [0.3, 0.4) is 0 Å². The van der Waals surface area contributed by atoms with E-state index in [1.54, 1.807) is 0 Å². The smallest absolute Gasteiger partial charge is 1.00 e. The van der Waals surface area contributed by atoms with E-state index >= 15 is 0 Å². The molecular formula is C6H4CaCl2O4. The first-order chi connectivity index (χ1) is 5.46. The second kappa shape index (κ2) is 4.66. The van der Waals surface area contributed by atoms with Crippen molar-refractivity contribution in [1.29, 1.82) is 0 Å². The number of aliphatic hydroxyl groups is 2. The van der Waals surface area contributed by atoms with Gasteiger partial charge in [-0.25, -0.2) is 0 Å². The van der Waals surface area contributed by atoms with E-state index in [1.165, 1.54) is 0 Å². The maximum atomic E-state index is 10.8. The van der Waals surface area contributed by atoms with Crippen molar-refractivity contribution in [3.8, 4) is 0 Å². The summed E-state index contributed by atoms with van der Waals surface area (Å²) in [6, 6.07) is 0. The van der Waals surface area contributed by atoms with Crippen LogP contribution in [0.15, 0.2) is 21.6 Å². The van der Waals surface area contributed by atoms with Crippen LogP contribution in [0.5, 0.6) is 0 Å². The van der Waals surface area contributed by atoms with Crippen molar-refractivity contribution in [2.24, 2.45) is 0 Å². The molecule has 0 unspecified atom stereocenters. The Kier molecular flexibility index (Phi) is 4.75. The summed E-state index contributed by atoms with van der Waals surface area (Å²) in [5.41, 5.74) is 0. The Morgan fingerprint density at radius 3 is 1.38 bits per heavy atom. The number of ketones is 2. The van der Waals surface area contributed by atoms with Crippen LogP contribution in [-0.2, 0) is 9.59 Å². The predicted octanol–water partition coefficient (Wildman–Crippen LogP) is 0.999. The Hall–Kier alpha value is 0.260. The van der Waals surface area contributed by atoms with Gasteiger partial charge in [0.1, 0.15) is 10.1 Å². The molecule has 0 aromatic carbocycles. The van der Waals surface area contributed by atoms with Gasteiger partial charge in [0.05, 0.1) is 0 Å². The number of hydrogen-bond donors (Lipinski definition) is 2. The summed E-state index contributed by atoms with van der Waals surface area (Å²) in [6.07, 6.45) is 0. The quantitative estimate of drug-likeness (QED) is 0.497. The van der Waals surface area contributed by atoms with Crippen LogP contribution in [0.1, 0.15) is 2.85 Å². The molecule has 0 aromatic heterocycles. The molecule has 1 aliphatic carbocycles. The molecule has 4 nitrogen and oxygen atoms in total. The topological polar surface area (TPSA) is 74.6 Å². The first-order valence-electron chi connectivity index (χ1n) is 2.73. The minimum Gasteiger partial charge on any atom is -1.00 e. The fourth-order valence-corrected chi connectivity index (χ4v) is 0.973. The predicted molar refractivity (Wildman–Crippen MR) is 49.0 cm³/mol. The van der Waals surface area contributed by atoms with Crippen molar-refractivity contribution in [1.82, 2.24) is 0 Å². The molecular weight excluding hydrogens is 247 g/mol. The molecule has 68 valence electrons. The van der Waals surface area contributed by atoms with Crippen molar-refractivity contribution in [2.45, 2.75) is 0 Å². The summed E-state index contributed by atoms with van der Waals surface area (Å²) >= 11 is 10.4. The molecule has 0 bridgehead atoms. The second-order valence-corrected chi connectivity index (χ2v) is 2.74. The second-order valence-electron chi connectivity index (χ2n) is 1.98. The number of carbonyl (C=O) groups is 2. The van der Waals surface area contributed by atoms with Gasteiger partial charge in [0.15, 0.2) is 11.5 Å². The van der Waals surface area contributed by atoms with E-state index in [9.17, 15) is 9.59 Å². The Morgan fingerprint density at radius 2 is 1.15 bits per heavy atom. The minimum absolute atomic E-state index is 0. The van der Waals surface area contributed by atoms with Gasteiger partial charge in [-0.3, -0.25) is 9.59 Å². The van der Waals surface area contributed by atoms with Crippen molar-refractivity contribution < 1.29 is 22.7 Å². The number of aliphatic hydroxyl groups excluding tert-OH is 2. The van der Waals surface area contributed by atoms with E-state index in [2.05, 4.69) is 0 Å². The molecule has 0 aromatic rings. The van der Waals surface area contributed by atoms with Gasteiger partial charge in [0.2, 0.25) is 11.6 Å². The van der Waals surface area contributed by atoms with E-state index in [0.717, 1.165) is 0 Å². The zero-order valence-corrected chi connectivity index (χ0v) is 9.89. The summed E-state index contributed by atoms with van der Waals surface area (Å²) in [5.74, 6) is -3.99. The molecule has 0 atom stereocenters. The van der Waals surface area contributed by atoms with Crippen molar-refractivity contribution in [3.63, 3.8) is 0 Å². The average Bonchev–Trinajstić information content (AvgIpc) is 2.08. The van der Waals surface area contributed by atoms with Gasteiger partial charge in [-0.1, -0.05) is 23.2 Å². The standard InChI is InChI=1S/C6H2Cl2O4.Ca.2H/c7-1-3(9)5(11)2(8)6(12)4(1)10;;;/h9,12H;;;/q;+2;2*-1. The monoisotopic (exact) mass is 250 g/mol. The normalized spacial score (nSPS) is 17.7. The van der Waals surface area contributed by atoms with E-state index < -0.39 is 33.1 Å². The zero-order valence-electron chi connectivity index (χ0n) is 8.17. The molecule has 7 heteroatoms. The third-order valence-electron chi connectivity index (χ3n) is 1.24. The molecule has 1 aliphatic rings. The van der Waals surface area contributed by atoms with E-state index in [-0.39, 0.29) is 40.6 Å². The maximum absolute atomic E-state index is 10.8. The molecule has 1 rings (SSSR count). The third-order valence-corrected chi connectivity index (χ3v) is 1.95. The molecule has 0 fully saturated rings. The summed E-state index contributed by atoms with van der Waals surface area (Å²) < 4.78 is 0. The molecule has 0 radical (unpaired) electrons. The molecule has 0 amide bonds. The fraction of sp³-hybridized carbons (Fsp3) is 0. The Labute approximate surface area is 116 Å². The number of hydrogen-bond acceptors (Lipinski definition) is 4. The average molecular weight is 251 g/mol. The van der Waals surface area contributed by atoms with E-state index in [0.29, 0.717) is 0 Å². The van der Waals surface area contributed by atoms with Gasteiger partial charge in [-0.15, -0.1) is 0 Å². The maximum Gasteiger partial charge on any atom is 2.00 e. The first kappa shape index (κ1) is 13.3. The summed E-state index contributed by atoms with van der Waals surface area (Å²) in [4.78, 5) is 21.6. The van der Waals surface area contributed by atoms with Gasteiger partial charge in [0, 0.05) is 0 Å². The van der Waals surface area contributed by atoms with Gasteiger partial charge >= 0.3 is 37.7 Å². The molecule has 2 N–H and O–H groups in total. The fourth-order valence-electron chi connectivity index (χ4n) is 0.622. The molecule has 13 heavy (non-hydrogen) atoms. The van der Waals surface area contributed by atoms with Crippen LogP contribution in [-0.4, -0.2) is 59.5 Å². The number of carbonyl (C=O) groups excluding carboxylic acids is 2. The zero-order chi connectivity index (χ0) is 9.46. The van der Waals surface area contributed by atoms with E-state index in [1.807, 2.05) is 0 Å². The van der Waals surface area contributed by atoms with Crippen molar-refractivity contribution in [2.75, 3.05) is 0 Å². The largest absolute Gasteiger partial charge is 2.00 e. The van der Waals surface area contributed by atoms with Crippen LogP contribution in [0.25, 0.3) is 0 Å². The Balaban J connectivity index is -0.000000480. The Morgan fingerprint density at radius 1 is 0.923 bits per heavy atom.